The molecule has 3 amide bonds. The summed E-state index contributed by atoms with van der Waals surface area (Å²) in [5, 5.41) is 17.6. The lowest BCUT2D eigenvalue weighted by molar-refractivity contribution is -0.385. The molecule has 3 aliphatic rings. The topological polar surface area (TPSA) is 122 Å². The minimum Gasteiger partial charge on any atom is -0.324 e. The molecule has 0 aliphatic carbocycles. The van der Waals surface area contributed by atoms with Crippen LogP contribution in [0.2, 0.25) is 0 Å². The van der Waals surface area contributed by atoms with Gasteiger partial charge in [0.15, 0.2) is 0 Å². The second-order valence-electron chi connectivity index (χ2n) is 8.97. The number of carbonyl (C=O) groups excluding carboxylic acids is 3. The average molecular weight is 434 g/mol. The second-order valence-corrected chi connectivity index (χ2v) is 8.97. The highest BCUT2D eigenvalue weighted by Gasteiger charge is 2.71. The molecule has 2 aromatic rings. The highest BCUT2D eigenvalue weighted by atomic mass is 16.6. The first kappa shape index (κ1) is 20.3. The van der Waals surface area contributed by atoms with E-state index < -0.39 is 40.2 Å². The molecule has 0 unspecified atom stereocenters. The van der Waals surface area contributed by atoms with Crippen molar-refractivity contribution in [3.63, 3.8) is 0 Å². The number of nitro groups is 1. The molecule has 0 bridgehead atoms. The number of benzene rings is 2. The number of anilines is 2. The SMILES string of the molecule is Cc1ccc(N2C(=O)[C@@H]3[C@H](C(C)C)N[C@]4(C(=O)Nc5ccccc54)[C@H]3C2=O)cc1[N+](=O)[O-]. The zero-order valence-electron chi connectivity index (χ0n) is 17.8. The van der Waals surface area contributed by atoms with Crippen molar-refractivity contribution in [2.45, 2.75) is 32.4 Å². The van der Waals surface area contributed by atoms with E-state index in [-0.39, 0.29) is 23.2 Å². The Hall–Kier alpha value is -3.59. The Balaban J connectivity index is 1.68. The van der Waals surface area contributed by atoms with Crippen molar-refractivity contribution in [1.29, 1.82) is 0 Å². The summed E-state index contributed by atoms with van der Waals surface area (Å²) in [6.07, 6.45) is 0. The first-order valence-electron chi connectivity index (χ1n) is 10.5. The Labute approximate surface area is 183 Å². The number of amides is 3. The zero-order chi connectivity index (χ0) is 22.9. The molecular weight excluding hydrogens is 412 g/mol. The van der Waals surface area contributed by atoms with Gasteiger partial charge in [0.25, 0.3) is 5.69 Å². The molecule has 2 fully saturated rings. The quantitative estimate of drug-likeness (QED) is 0.435. The lowest BCUT2D eigenvalue weighted by Gasteiger charge is -2.30. The molecule has 2 N–H and O–H groups in total. The van der Waals surface area contributed by atoms with Gasteiger partial charge < -0.3 is 5.32 Å². The maximum absolute atomic E-state index is 13.8. The van der Waals surface area contributed by atoms with Crippen molar-refractivity contribution in [2.24, 2.45) is 17.8 Å². The van der Waals surface area contributed by atoms with Gasteiger partial charge in [0.1, 0.15) is 5.54 Å². The normalized spacial score (nSPS) is 28.4. The molecule has 3 heterocycles. The predicted molar refractivity (Wildman–Crippen MR) is 116 cm³/mol. The number of nitrogens with one attached hydrogen (secondary N) is 2. The van der Waals surface area contributed by atoms with Crippen LogP contribution in [0.5, 0.6) is 0 Å². The molecule has 4 atom stereocenters. The van der Waals surface area contributed by atoms with Crippen LogP contribution in [0.1, 0.15) is 25.0 Å². The molecule has 3 aliphatic heterocycles. The van der Waals surface area contributed by atoms with E-state index in [0.29, 0.717) is 16.8 Å². The fraction of sp³-hybridized carbons (Fsp3) is 0.348. The molecule has 32 heavy (non-hydrogen) atoms. The van der Waals surface area contributed by atoms with Gasteiger partial charge in [-0.05, 0) is 25.0 Å². The van der Waals surface area contributed by atoms with Crippen molar-refractivity contribution in [3.8, 4) is 0 Å². The van der Waals surface area contributed by atoms with Gasteiger partial charge in [-0.25, -0.2) is 4.90 Å². The number of hydrogen-bond donors (Lipinski definition) is 2. The Kier molecular flexibility index (Phi) is 4.26. The van der Waals surface area contributed by atoms with Gasteiger partial charge in [-0.1, -0.05) is 38.1 Å². The summed E-state index contributed by atoms with van der Waals surface area (Å²) in [7, 11) is 0. The van der Waals surface area contributed by atoms with Crippen LogP contribution in [0.25, 0.3) is 0 Å². The van der Waals surface area contributed by atoms with E-state index in [9.17, 15) is 24.5 Å². The molecule has 0 saturated carbocycles. The van der Waals surface area contributed by atoms with Crippen molar-refractivity contribution in [3.05, 3.63) is 63.7 Å². The number of para-hydroxylation sites is 1. The summed E-state index contributed by atoms with van der Waals surface area (Å²) >= 11 is 0. The maximum atomic E-state index is 13.8. The predicted octanol–water partition coefficient (Wildman–Crippen LogP) is 2.48. The fourth-order valence-electron chi connectivity index (χ4n) is 5.45. The number of fused-ring (bicyclic) bond motifs is 4. The van der Waals surface area contributed by atoms with Gasteiger partial charge in [-0.2, -0.15) is 0 Å². The van der Waals surface area contributed by atoms with Gasteiger partial charge in [0.05, 0.1) is 22.4 Å². The highest BCUT2D eigenvalue weighted by molar-refractivity contribution is 6.25. The molecule has 9 nitrogen and oxygen atoms in total. The Bertz CT molecular complexity index is 1210. The summed E-state index contributed by atoms with van der Waals surface area (Å²) in [4.78, 5) is 52.6. The van der Waals surface area contributed by atoms with E-state index in [1.807, 2.05) is 13.8 Å². The van der Waals surface area contributed by atoms with E-state index in [4.69, 9.17) is 0 Å². The van der Waals surface area contributed by atoms with Gasteiger partial charge >= 0.3 is 0 Å². The summed E-state index contributed by atoms with van der Waals surface area (Å²) in [5.41, 5.74) is 0.293. The van der Waals surface area contributed by atoms with Crippen LogP contribution in [0.15, 0.2) is 42.5 Å². The van der Waals surface area contributed by atoms with Crippen molar-refractivity contribution < 1.29 is 19.3 Å². The van der Waals surface area contributed by atoms with Crippen LogP contribution in [0.4, 0.5) is 17.1 Å². The number of nitro benzene ring substituents is 1. The van der Waals surface area contributed by atoms with Gasteiger partial charge in [-0.15, -0.1) is 0 Å². The third-order valence-corrected chi connectivity index (χ3v) is 6.92. The molecular formula is C23H22N4O5. The molecule has 164 valence electrons. The van der Waals surface area contributed by atoms with Crippen molar-refractivity contribution in [1.82, 2.24) is 5.32 Å². The van der Waals surface area contributed by atoms with Gasteiger partial charge in [-0.3, -0.25) is 29.8 Å². The lowest BCUT2D eigenvalue weighted by Crippen LogP contribution is -2.54. The molecule has 1 spiro atoms. The number of hydrogen-bond acceptors (Lipinski definition) is 6. The number of aryl methyl sites for hydroxylation is 1. The van der Waals surface area contributed by atoms with Crippen LogP contribution < -0.4 is 15.5 Å². The first-order chi connectivity index (χ1) is 15.2. The van der Waals surface area contributed by atoms with Crippen LogP contribution in [0.3, 0.4) is 0 Å². The zero-order valence-corrected chi connectivity index (χ0v) is 17.8. The molecule has 0 aromatic heterocycles. The number of carbonyl (C=O) groups is 3. The van der Waals surface area contributed by atoms with Crippen LogP contribution in [-0.2, 0) is 19.9 Å². The average Bonchev–Trinajstić information content (AvgIpc) is 3.34. The summed E-state index contributed by atoms with van der Waals surface area (Å²) in [6, 6.07) is 11.0. The smallest absolute Gasteiger partial charge is 0.274 e. The van der Waals surface area contributed by atoms with Crippen LogP contribution >= 0.6 is 0 Å². The number of nitrogens with zero attached hydrogens (tertiary/aromatic N) is 2. The lowest BCUT2D eigenvalue weighted by atomic mass is 9.76. The van der Waals surface area contributed by atoms with E-state index in [0.717, 1.165) is 4.90 Å². The third kappa shape index (κ3) is 2.45. The summed E-state index contributed by atoms with van der Waals surface area (Å²) in [6.45, 7) is 5.46. The second kappa shape index (κ2) is 6.70. The molecule has 0 radical (unpaired) electrons. The highest BCUT2D eigenvalue weighted by Crippen LogP contribution is 2.54. The minimum absolute atomic E-state index is 0.0357. The van der Waals surface area contributed by atoms with Crippen LogP contribution in [0, 0.1) is 34.8 Å². The molecule has 2 aromatic carbocycles. The summed E-state index contributed by atoms with van der Waals surface area (Å²) < 4.78 is 0. The van der Waals surface area contributed by atoms with Gasteiger partial charge in [0.2, 0.25) is 17.7 Å². The minimum atomic E-state index is -1.37. The fourth-order valence-corrected chi connectivity index (χ4v) is 5.45. The van der Waals surface area contributed by atoms with Crippen molar-refractivity contribution in [2.75, 3.05) is 10.2 Å². The molecule has 5 rings (SSSR count). The van der Waals surface area contributed by atoms with E-state index in [2.05, 4.69) is 10.6 Å². The van der Waals surface area contributed by atoms with E-state index in [1.165, 1.54) is 18.2 Å². The molecule has 2 saturated heterocycles. The van der Waals surface area contributed by atoms with E-state index in [1.54, 1.807) is 31.2 Å². The maximum Gasteiger partial charge on any atom is 0.274 e. The first-order valence-corrected chi connectivity index (χ1v) is 10.5. The van der Waals surface area contributed by atoms with Crippen molar-refractivity contribution >= 4 is 34.8 Å². The molecule has 9 heteroatoms. The Morgan fingerprint density at radius 2 is 1.81 bits per heavy atom. The van der Waals surface area contributed by atoms with Crippen LogP contribution in [-0.4, -0.2) is 28.7 Å². The Morgan fingerprint density at radius 3 is 2.50 bits per heavy atom. The third-order valence-electron chi connectivity index (χ3n) is 6.92. The van der Waals surface area contributed by atoms with Gasteiger partial charge in [0, 0.05) is 28.9 Å². The summed E-state index contributed by atoms with van der Waals surface area (Å²) in [5.74, 6) is -3.09. The number of imide groups is 1. The monoisotopic (exact) mass is 434 g/mol. The largest absolute Gasteiger partial charge is 0.324 e. The number of rotatable bonds is 3. The Morgan fingerprint density at radius 1 is 1.09 bits per heavy atom. The van der Waals surface area contributed by atoms with E-state index >= 15 is 0 Å². The standard InChI is InChI=1S/C23H22N4O5/c1-11(2)19-17-18(23(25-19)14-6-4-5-7-15(14)24-22(23)30)21(29)26(20(17)28)13-9-8-12(3)16(10-13)27(31)32/h4-11,17-19,25H,1-3H3,(H,24,30)/t17-,18+,19-,23-/m0/s1.